The molecule has 1 aliphatic rings. The smallest absolute Gasteiger partial charge is 0.0962 e. The minimum atomic E-state index is -0.392. The lowest BCUT2D eigenvalue weighted by atomic mass is 9.80. The van der Waals surface area contributed by atoms with E-state index in [1.807, 2.05) is 14.1 Å². The van der Waals surface area contributed by atoms with Gasteiger partial charge in [-0.1, -0.05) is 20.8 Å². The summed E-state index contributed by atoms with van der Waals surface area (Å²) in [6.45, 7) is 8.43. The molecular weight excluding hydrogens is 190 g/mol. The molecule has 1 fully saturated rings. The molecule has 0 saturated carbocycles. The average molecular weight is 215 g/mol. The van der Waals surface area contributed by atoms with Gasteiger partial charge in [-0.25, -0.2) is 0 Å². The van der Waals surface area contributed by atoms with E-state index in [2.05, 4.69) is 32.6 Å². The van der Waals surface area contributed by atoms with Crippen LogP contribution in [0.5, 0.6) is 0 Å². The second-order valence-electron chi connectivity index (χ2n) is 5.99. The first-order valence-corrected chi connectivity index (χ1v) is 5.73. The Bertz CT molecular complexity index is 210. The maximum atomic E-state index is 10.3. The van der Waals surface area contributed by atoms with Gasteiger partial charge in [-0.2, -0.15) is 0 Å². The van der Waals surface area contributed by atoms with Crippen LogP contribution in [-0.4, -0.2) is 48.5 Å². The molecule has 15 heavy (non-hydrogen) atoms. The minimum Gasteiger partial charge on any atom is -0.389 e. The highest BCUT2D eigenvalue weighted by atomic mass is 16.5. The van der Waals surface area contributed by atoms with E-state index in [0.717, 1.165) is 6.42 Å². The molecule has 0 aromatic carbocycles. The average Bonchev–Trinajstić information content (AvgIpc) is 2.06. The fourth-order valence-electron chi connectivity index (χ4n) is 2.30. The van der Waals surface area contributed by atoms with Crippen LogP contribution in [0.3, 0.4) is 0 Å². The van der Waals surface area contributed by atoms with Crippen molar-refractivity contribution in [3.05, 3.63) is 0 Å². The van der Waals surface area contributed by atoms with Gasteiger partial charge in [0.15, 0.2) is 0 Å². The first-order valence-electron chi connectivity index (χ1n) is 5.73. The molecule has 3 nitrogen and oxygen atoms in total. The summed E-state index contributed by atoms with van der Waals surface area (Å²) in [6, 6.07) is 0.206. The molecule has 1 heterocycles. The van der Waals surface area contributed by atoms with Crippen LogP contribution in [0.1, 0.15) is 34.1 Å². The van der Waals surface area contributed by atoms with Gasteiger partial charge in [-0.15, -0.1) is 0 Å². The van der Waals surface area contributed by atoms with Gasteiger partial charge in [0.25, 0.3) is 0 Å². The van der Waals surface area contributed by atoms with E-state index in [0.29, 0.717) is 0 Å². The molecule has 4 atom stereocenters. The topological polar surface area (TPSA) is 32.7 Å². The second kappa shape index (κ2) is 4.40. The molecule has 0 radical (unpaired) electrons. The molecule has 0 aromatic rings. The van der Waals surface area contributed by atoms with E-state index < -0.39 is 6.10 Å². The zero-order chi connectivity index (χ0) is 11.8. The van der Waals surface area contributed by atoms with Crippen molar-refractivity contribution in [3.8, 4) is 0 Å². The Hall–Kier alpha value is -0.120. The van der Waals surface area contributed by atoms with Crippen molar-refractivity contribution in [1.82, 2.24) is 4.90 Å². The standard InChI is InChI=1S/C12H25NO2/c1-8-7-9(13(5)6)10(14)11(15-8)12(2,3)4/h8-11,14H,7H2,1-6H3. The normalized spacial score (nSPS) is 38.4. The summed E-state index contributed by atoms with van der Waals surface area (Å²) >= 11 is 0. The zero-order valence-corrected chi connectivity index (χ0v) is 10.8. The van der Waals surface area contributed by atoms with E-state index >= 15 is 0 Å². The molecule has 1 aliphatic heterocycles. The van der Waals surface area contributed by atoms with Gasteiger partial charge in [0.2, 0.25) is 0 Å². The fourth-order valence-corrected chi connectivity index (χ4v) is 2.30. The molecular formula is C12H25NO2. The molecule has 1 rings (SSSR count). The van der Waals surface area contributed by atoms with Crippen LogP contribution >= 0.6 is 0 Å². The first-order chi connectivity index (χ1) is 6.73. The summed E-state index contributed by atoms with van der Waals surface area (Å²) in [4.78, 5) is 2.10. The number of likely N-dealkylation sites (N-methyl/N-ethyl adjacent to an activating group) is 1. The van der Waals surface area contributed by atoms with Gasteiger partial charge in [0, 0.05) is 6.04 Å². The van der Waals surface area contributed by atoms with E-state index in [-0.39, 0.29) is 23.7 Å². The highest BCUT2D eigenvalue weighted by molar-refractivity contribution is 4.93. The van der Waals surface area contributed by atoms with Crippen molar-refractivity contribution in [2.24, 2.45) is 5.41 Å². The number of nitrogens with zero attached hydrogens (tertiary/aromatic N) is 1. The molecule has 0 spiro atoms. The van der Waals surface area contributed by atoms with Crippen molar-refractivity contribution in [1.29, 1.82) is 0 Å². The highest BCUT2D eigenvalue weighted by Crippen LogP contribution is 2.33. The third-order valence-electron chi connectivity index (χ3n) is 3.17. The second-order valence-corrected chi connectivity index (χ2v) is 5.99. The Morgan fingerprint density at radius 1 is 1.27 bits per heavy atom. The molecule has 0 bridgehead atoms. The van der Waals surface area contributed by atoms with Crippen LogP contribution in [0.15, 0.2) is 0 Å². The SMILES string of the molecule is CC1CC(N(C)C)C(O)C(C(C)(C)C)O1. The van der Waals surface area contributed by atoms with E-state index in [1.54, 1.807) is 0 Å². The monoisotopic (exact) mass is 215 g/mol. The lowest BCUT2D eigenvalue weighted by Gasteiger charge is -2.46. The van der Waals surface area contributed by atoms with E-state index in [9.17, 15) is 5.11 Å². The number of hydrogen-bond acceptors (Lipinski definition) is 3. The molecule has 0 aromatic heterocycles. The number of aliphatic hydroxyl groups excluding tert-OH is 1. The minimum absolute atomic E-state index is 0.0116. The predicted octanol–water partition coefficient (Wildman–Crippen LogP) is 1.50. The first kappa shape index (κ1) is 12.9. The van der Waals surface area contributed by atoms with Gasteiger partial charge in [0.05, 0.1) is 18.3 Å². The molecule has 4 unspecified atom stereocenters. The summed E-state index contributed by atoms with van der Waals surface area (Å²) in [7, 11) is 4.04. The summed E-state index contributed by atoms with van der Waals surface area (Å²) in [5.41, 5.74) is -0.0116. The lowest BCUT2D eigenvalue weighted by Crippen LogP contribution is -2.57. The summed E-state index contributed by atoms with van der Waals surface area (Å²) in [5.74, 6) is 0. The highest BCUT2D eigenvalue weighted by Gasteiger charge is 2.42. The summed E-state index contributed by atoms with van der Waals surface area (Å²) in [5, 5.41) is 10.3. The maximum Gasteiger partial charge on any atom is 0.0962 e. The van der Waals surface area contributed by atoms with Gasteiger partial charge in [-0.3, -0.25) is 0 Å². The molecule has 1 saturated heterocycles. The largest absolute Gasteiger partial charge is 0.389 e. The Kier molecular flexibility index (Phi) is 3.80. The lowest BCUT2D eigenvalue weighted by molar-refractivity contribution is -0.177. The van der Waals surface area contributed by atoms with Crippen LogP contribution in [0.4, 0.5) is 0 Å². The van der Waals surface area contributed by atoms with Crippen molar-refractivity contribution in [2.75, 3.05) is 14.1 Å². The summed E-state index contributed by atoms with van der Waals surface area (Å²) < 4.78 is 5.87. The van der Waals surface area contributed by atoms with Crippen molar-refractivity contribution in [2.45, 2.75) is 58.5 Å². The number of ether oxygens (including phenoxy) is 1. The zero-order valence-electron chi connectivity index (χ0n) is 10.8. The number of hydrogen-bond donors (Lipinski definition) is 1. The van der Waals surface area contributed by atoms with E-state index in [1.165, 1.54) is 0 Å². The van der Waals surface area contributed by atoms with Crippen LogP contribution in [0.2, 0.25) is 0 Å². The summed E-state index contributed by atoms with van der Waals surface area (Å²) in [6.07, 6.45) is 0.663. The van der Waals surface area contributed by atoms with E-state index in [4.69, 9.17) is 4.74 Å². The molecule has 90 valence electrons. The number of rotatable bonds is 1. The third kappa shape index (κ3) is 2.92. The Morgan fingerprint density at radius 3 is 2.20 bits per heavy atom. The molecule has 0 amide bonds. The van der Waals surface area contributed by atoms with Gasteiger partial charge < -0.3 is 14.7 Å². The predicted molar refractivity (Wildman–Crippen MR) is 61.9 cm³/mol. The molecule has 0 aliphatic carbocycles. The Balaban J connectivity index is 2.81. The van der Waals surface area contributed by atoms with Gasteiger partial charge in [-0.05, 0) is 32.9 Å². The Labute approximate surface area is 93.4 Å². The van der Waals surface area contributed by atoms with Crippen LogP contribution in [-0.2, 0) is 4.74 Å². The van der Waals surface area contributed by atoms with Gasteiger partial charge in [0.1, 0.15) is 0 Å². The van der Waals surface area contributed by atoms with Crippen molar-refractivity contribution >= 4 is 0 Å². The van der Waals surface area contributed by atoms with Gasteiger partial charge >= 0.3 is 0 Å². The number of aliphatic hydroxyl groups is 1. The van der Waals surface area contributed by atoms with Crippen LogP contribution in [0.25, 0.3) is 0 Å². The van der Waals surface area contributed by atoms with Crippen molar-refractivity contribution < 1.29 is 9.84 Å². The van der Waals surface area contributed by atoms with Crippen LogP contribution < -0.4 is 0 Å². The quantitative estimate of drug-likeness (QED) is 0.719. The maximum absolute atomic E-state index is 10.3. The molecule has 1 N–H and O–H groups in total. The third-order valence-corrected chi connectivity index (χ3v) is 3.17. The van der Waals surface area contributed by atoms with Crippen LogP contribution in [0, 0.1) is 5.41 Å². The Morgan fingerprint density at radius 2 is 1.80 bits per heavy atom. The fraction of sp³-hybridized carbons (Fsp3) is 1.00. The van der Waals surface area contributed by atoms with Crippen molar-refractivity contribution in [3.63, 3.8) is 0 Å². The molecule has 3 heteroatoms.